The van der Waals surface area contributed by atoms with Crippen molar-refractivity contribution in [1.29, 1.82) is 0 Å². The molecule has 0 atom stereocenters. The van der Waals surface area contributed by atoms with Crippen molar-refractivity contribution >= 4 is 33.4 Å². The number of amides is 1. The highest BCUT2D eigenvalue weighted by Gasteiger charge is 2.12. The molecule has 0 aliphatic carbocycles. The number of amidine groups is 1. The highest BCUT2D eigenvalue weighted by Crippen LogP contribution is 2.14. The number of aliphatic imine (C=N–C) groups is 1. The van der Waals surface area contributed by atoms with Crippen molar-refractivity contribution in [3.63, 3.8) is 0 Å². The molecule has 0 unspecified atom stereocenters. The lowest BCUT2D eigenvalue weighted by Crippen LogP contribution is -2.35. The third-order valence-corrected chi connectivity index (χ3v) is 2.99. The van der Waals surface area contributed by atoms with E-state index in [2.05, 4.69) is 31.6 Å². The number of carbonyl (C=O) groups excluding carboxylic acids is 1. The van der Waals surface area contributed by atoms with Crippen molar-refractivity contribution < 1.29 is 4.79 Å². The normalized spacial score (nSPS) is 15.5. The number of nitrogens with one attached hydrogen (secondary N) is 2. The number of hydrogen-bond donors (Lipinski definition) is 2. The summed E-state index contributed by atoms with van der Waals surface area (Å²) in [4.78, 5) is 16.1. The van der Waals surface area contributed by atoms with Crippen molar-refractivity contribution in [2.45, 2.75) is 12.8 Å². The number of carbonyl (C=O) groups is 1. The molecule has 0 saturated carbocycles. The van der Waals surface area contributed by atoms with Crippen LogP contribution in [0.2, 0.25) is 0 Å². The minimum absolute atomic E-state index is 0.172. The van der Waals surface area contributed by atoms with Gasteiger partial charge in [-0.3, -0.25) is 9.79 Å². The fraction of sp³-hybridized carbons (Fsp3) is 0.333. The number of halogens is 1. The van der Waals surface area contributed by atoms with E-state index in [0.717, 1.165) is 36.1 Å². The number of rotatable bonds is 2. The van der Waals surface area contributed by atoms with Gasteiger partial charge in [-0.15, -0.1) is 0 Å². The molecular weight excluding hydrogens is 282 g/mol. The Morgan fingerprint density at radius 2 is 2.06 bits per heavy atom. The highest BCUT2D eigenvalue weighted by molar-refractivity contribution is 9.10. The quantitative estimate of drug-likeness (QED) is 0.879. The molecule has 1 heterocycles. The van der Waals surface area contributed by atoms with Gasteiger partial charge in [0.2, 0.25) is 0 Å². The first kappa shape index (κ1) is 12.1. The SMILES string of the molecule is O=C(Nc1ccc(Br)cc1)C1=NCCCCN1. The molecule has 0 spiro atoms. The lowest BCUT2D eigenvalue weighted by molar-refractivity contribution is -0.110. The van der Waals surface area contributed by atoms with Gasteiger partial charge in [-0.25, -0.2) is 0 Å². The van der Waals surface area contributed by atoms with E-state index < -0.39 is 0 Å². The van der Waals surface area contributed by atoms with Gasteiger partial charge in [-0.1, -0.05) is 15.9 Å². The highest BCUT2D eigenvalue weighted by atomic mass is 79.9. The van der Waals surface area contributed by atoms with E-state index >= 15 is 0 Å². The second-order valence-electron chi connectivity index (χ2n) is 3.83. The van der Waals surface area contributed by atoms with E-state index in [-0.39, 0.29) is 5.91 Å². The Labute approximate surface area is 109 Å². The molecular formula is C12H14BrN3O. The van der Waals surface area contributed by atoms with E-state index in [9.17, 15) is 4.79 Å². The summed E-state index contributed by atoms with van der Waals surface area (Å²) < 4.78 is 0.987. The lowest BCUT2D eigenvalue weighted by Gasteiger charge is -2.08. The van der Waals surface area contributed by atoms with Crippen LogP contribution in [0.4, 0.5) is 5.69 Å². The van der Waals surface area contributed by atoms with Gasteiger partial charge in [0.15, 0.2) is 5.84 Å². The van der Waals surface area contributed by atoms with Gasteiger partial charge in [0.05, 0.1) is 0 Å². The summed E-state index contributed by atoms with van der Waals surface area (Å²) in [6.07, 6.45) is 2.08. The van der Waals surface area contributed by atoms with E-state index in [1.165, 1.54) is 0 Å². The molecule has 2 rings (SSSR count). The molecule has 0 saturated heterocycles. The minimum atomic E-state index is -0.172. The first-order valence-electron chi connectivity index (χ1n) is 5.61. The molecule has 1 aliphatic rings. The van der Waals surface area contributed by atoms with Crippen LogP contribution in [0.25, 0.3) is 0 Å². The van der Waals surface area contributed by atoms with Gasteiger partial charge >= 0.3 is 0 Å². The largest absolute Gasteiger partial charge is 0.366 e. The Hall–Kier alpha value is -1.36. The second-order valence-corrected chi connectivity index (χ2v) is 4.74. The van der Waals surface area contributed by atoms with Crippen molar-refractivity contribution in [3.05, 3.63) is 28.7 Å². The Morgan fingerprint density at radius 1 is 1.29 bits per heavy atom. The number of hydrogen-bond acceptors (Lipinski definition) is 3. The first-order valence-corrected chi connectivity index (χ1v) is 6.40. The van der Waals surface area contributed by atoms with Crippen molar-refractivity contribution in [2.75, 3.05) is 18.4 Å². The average molecular weight is 296 g/mol. The smallest absolute Gasteiger partial charge is 0.290 e. The second kappa shape index (κ2) is 5.82. The third kappa shape index (κ3) is 3.56. The Balaban J connectivity index is 2.00. The minimum Gasteiger partial charge on any atom is -0.366 e. The van der Waals surface area contributed by atoms with Crippen molar-refractivity contribution in [3.8, 4) is 0 Å². The summed E-state index contributed by atoms with van der Waals surface area (Å²) in [5, 5.41) is 5.86. The molecule has 1 aromatic carbocycles. The zero-order valence-electron chi connectivity index (χ0n) is 9.37. The topological polar surface area (TPSA) is 53.5 Å². The molecule has 17 heavy (non-hydrogen) atoms. The summed E-state index contributed by atoms with van der Waals surface area (Å²) >= 11 is 3.35. The van der Waals surface area contributed by atoms with E-state index in [4.69, 9.17) is 0 Å². The Kier molecular flexibility index (Phi) is 4.14. The fourth-order valence-corrected chi connectivity index (χ4v) is 1.83. The standard InChI is InChI=1S/C12H14BrN3O/c13-9-3-5-10(6-4-9)16-12(17)11-14-7-1-2-8-15-11/h3-6H,1-2,7-8H2,(H,14,15)(H,16,17). The maximum Gasteiger partial charge on any atom is 0.290 e. The van der Waals surface area contributed by atoms with E-state index in [1.807, 2.05) is 24.3 Å². The van der Waals surface area contributed by atoms with E-state index in [0.29, 0.717) is 5.84 Å². The van der Waals surface area contributed by atoms with Crippen molar-refractivity contribution in [1.82, 2.24) is 5.32 Å². The predicted molar refractivity (Wildman–Crippen MR) is 72.3 cm³/mol. The zero-order chi connectivity index (χ0) is 12.1. The maximum atomic E-state index is 11.9. The summed E-state index contributed by atoms with van der Waals surface area (Å²) in [5.74, 6) is 0.264. The number of benzene rings is 1. The molecule has 0 bridgehead atoms. The predicted octanol–water partition coefficient (Wildman–Crippen LogP) is 2.17. The molecule has 5 heteroatoms. The Bertz CT molecular complexity index is 428. The van der Waals surface area contributed by atoms with Gasteiger partial charge in [0.1, 0.15) is 0 Å². The van der Waals surface area contributed by atoms with E-state index in [1.54, 1.807) is 0 Å². The third-order valence-electron chi connectivity index (χ3n) is 2.46. The monoisotopic (exact) mass is 295 g/mol. The van der Waals surface area contributed by atoms with Crippen LogP contribution in [0.1, 0.15) is 12.8 Å². The molecule has 1 amide bonds. The van der Waals surface area contributed by atoms with Crippen LogP contribution in [0.15, 0.2) is 33.7 Å². The van der Waals surface area contributed by atoms with Crippen LogP contribution < -0.4 is 10.6 Å². The summed E-state index contributed by atoms with van der Waals surface area (Å²) in [5.41, 5.74) is 0.770. The molecule has 0 aromatic heterocycles. The van der Waals surface area contributed by atoms with Crippen LogP contribution in [0.5, 0.6) is 0 Å². The van der Waals surface area contributed by atoms with Gasteiger partial charge < -0.3 is 10.6 Å². The molecule has 1 aromatic rings. The zero-order valence-corrected chi connectivity index (χ0v) is 11.0. The van der Waals surface area contributed by atoms with Crippen molar-refractivity contribution in [2.24, 2.45) is 4.99 Å². The van der Waals surface area contributed by atoms with Gasteiger partial charge in [0.25, 0.3) is 5.91 Å². The van der Waals surface area contributed by atoms with Crippen LogP contribution >= 0.6 is 15.9 Å². The van der Waals surface area contributed by atoms with Crippen LogP contribution in [0, 0.1) is 0 Å². The average Bonchev–Trinajstić information content (AvgIpc) is 2.61. The summed E-state index contributed by atoms with van der Waals surface area (Å²) in [7, 11) is 0. The maximum absolute atomic E-state index is 11.9. The van der Waals surface area contributed by atoms with Gasteiger partial charge in [0, 0.05) is 23.2 Å². The first-order chi connectivity index (χ1) is 8.25. The number of nitrogens with zero attached hydrogens (tertiary/aromatic N) is 1. The van der Waals surface area contributed by atoms with Gasteiger partial charge in [-0.05, 0) is 37.1 Å². The molecule has 4 nitrogen and oxygen atoms in total. The molecule has 2 N–H and O–H groups in total. The Morgan fingerprint density at radius 3 is 2.82 bits per heavy atom. The van der Waals surface area contributed by atoms with Crippen LogP contribution in [-0.4, -0.2) is 24.8 Å². The summed E-state index contributed by atoms with van der Waals surface area (Å²) in [6, 6.07) is 7.47. The molecule has 0 radical (unpaired) electrons. The fourth-order valence-electron chi connectivity index (χ4n) is 1.57. The molecule has 0 fully saturated rings. The molecule has 90 valence electrons. The summed E-state index contributed by atoms with van der Waals surface area (Å²) in [6.45, 7) is 1.53. The van der Waals surface area contributed by atoms with Gasteiger partial charge in [-0.2, -0.15) is 0 Å². The lowest BCUT2D eigenvalue weighted by atomic mass is 10.3. The van der Waals surface area contributed by atoms with Crippen LogP contribution in [0.3, 0.4) is 0 Å². The molecule has 1 aliphatic heterocycles. The van der Waals surface area contributed by atoms with Crippen LogP contribution in [-0.2, 0) is 4.79 Å². The number of anilines is 1.